The molecule has 1 N–H and O–H groups in total. The fraction of sp³-hybridized carbons (Fsp3) is 0.250. The minimum absolute atomic E-state index is 0.286. The molecule has 0 amide bonds. The van der Waals surface area contributed by atoms with Gasteiger partial charge in [-0.05, 0) is 84.5 Å². The first-order valence-electron chi connectivity index (χ1n) is 13.0. The number of methoxy groups -OCH3 is 1. The Morgan fingerprint density at radius 2 is 1.74 bits per heavy atom. The second-order valence-electron chi connectivity index (χ2n) is 9.78. The molecular formula is C32H31ClN2O4. The van der Waals surface area contributed by atoms with E-state index in [2.05, 4.69) is 42.2 Å². The quantitative estimate of drug-likeness (QED) is 0.252. The predicted molar refractivity (Wildman–Crippen MR) is 155 cm³/mol. The van der Waals surface area contributed by atoms with Gasteiger partial charge >= 0.3 is 5.97 Å². The minimum atomic E-state index is -0.720. The number of hydrogen-bond acceptors (Lipinski definition) is 5. The highest BCUT2D eigenvalue weighted by molar-refractivity contribution is 6.31. The number of hydrogen-bond donors (Lipinski definition) is 1. The van der Waals surface area contributed by atoms with E-state index in [1.54, 1.807) is 7.11 Å². The lowest BCUT2D eigenvalue weighted by atomic mass is 9.97. The molecule has 5 rings (SSSR count). The van der Waals surface area contributed by atoms with Crippen LogP contribution in [0.15, 0.2) is 78.9 Å². The number of ether oxygens (including phenoxy) is 2. The zero-order chi connectivity index (χ0) is 27.4. The molecule has 3 aromatic carbocycles. The van der Waals surface area contributed by atoms with Crippen LogP contribution in [0.3, 0.4) is 0 Å². The number of halogens is 1. The maximum absolute atomic E-state index is 11.3. The number of carboxylic acid groups (broad SMARTS) is 1. The van der Waals surface area contributed by atoms with E-state index in [4.69, 9.17) is 26.1 Å². The van der Waals surface area contributed by atoms with E-state index < -0.39 is 5.97 Å². The Labute approximate surface area is 233 Å². The Balaban J connectivity index is 1.33. The molecule has 200 valence electrons. The van der Waals surface area contributed by atoms with Crippen molar-refractivity contribution in [1.82, 2.24) is 4.98 Å². The molecule has 2 heterocycles. The lowest BCUT2D eigenvalue weighted by Gasteiger charge is -2.31. The van der Waals surface area contributed by atoms with Gasteiger partial charge in [0.15, 0.2) is 0 Å². The maximum atomic E-state index is 11.3. The van der Waals surface area contributed by atoms with Gasteiger partial charge in [-0.15, -0.1) is 0 Å². The number of carbonyl (C=O) groups is 1. The predicted octanol–water partition coefficient (Wildman–Crippen LogP) is 7.27. The van der Waals surface area contributed by atoms with Crippen LogP contribution < -0.4 is 14.4 Å². The summed E-state index contributed by atoms with van der Waals surface area (Å²) in [5.74, 6) is 1.36. The number of nitrogens with zero attached hydrogens (tertiary/aromatic N) is 2. The molecule has 1 aromatic heterocycles. The third-order valence-electron chi connectivity index (χ3n) is 7.27. The smallest absolute Gasteiger partial charge is 0.306 e. The number of piperidine rings is 1. The van der Waals surface area contributed by atoms with Gasteiger partial charge in [-0.1, -0.05) is 48.0 Å². The van der Waals surface area contributed by atoms with Crippen molar-refractivity contribution >= 4 is 23.4 Å². The summed E-state index contributed by atoms with van der Waals surface area (Å²) < 4.78 is 11.6. The SMILES string of the molecule is COc1ccc(-c2ccc(COc3ccc(Cl)cc3-c3cccc(N4CCC(C(=O)O)CC4)n3)c(C)c2)cc1. The average Bonchev–Trinajstić information content (AvgIpc) is 2.97. The molecule has 7 heteroatoms. The van der Waals surface area contributed by atoms with E-state index in [1.807, 2.05) is 48.5 Å². The van der Waals surface area contributed by atoms with E-state index in [0.717, 1.165) is 45.1 Å². The van der Waals surface area contributed by atoms with Gasteiger partial charge in [-0.2, -0.15) is 0 Å². The van der Waals surface area contributed by atoms with Gasteiger partial charge in [0.1, 0.15) is 23.9 Å². The number of anilines is 1. The normalized spacial score (nSPS) is 13.8. The number of pyridine rings is 1. The molecule has 1 saturated heterocycles. The second kappa shape index (κ2) is 11.8. The third-order valence-corrected chi connectivity index (χ3v) is 7.50. The number of aliphatic carboxylic acids is 1. The first-order chi connectivity index (χ1) is 18.9. The van der Waals surface area contributed by atoms with Gasteiger partial charge in [-0.3, -0.25) is 4.79 Å². The zero-order valence-electron chi connectivity index (χ0n) is 22.1. The van der Waals surface area contributed by atoms with Crippen LogP contribution in [0.25, 0.3) is 22.4 Å². The molecule has 1 fully saturated rings. The topological polar surface area (TPSA) is 71.9 Å². The number of benzene rings is 3. The summed E-state index contributed by atoms with van der Waals surface area (Å²) in [7, 11) is 1.67. The third kappa shape index (κ3) is 6.18. The lowest BCUT2D eigenvalue weighted by Crippen LogP contribution is -2.36. The summed E-state index contributed by atoms with van der Waals surface area (Å²) in [6.07, 6.45) is 1.23. The van der Waals surface area contributed by atoms with Crippen molar-refractivity contribution in [2.75, 3.05) is 25.1 Å². The monoisotopic (exact) mass is 542 g/mol. The van der Waals surface area contributed by atoms with Crippen LogP contribution in [0.5, 0.6) is 11.5 Å². The van der Waals surface area contributed by atoms with Gasteiger partial charge in [0.2, 0.25) is 0 Å². The molecule has 0 atom stereocenters. The second-order valence-corrected chi connectivity index (χ2v) is 10.2. The molecule has 0 aliphatic carbocycles. The molecule has 4 aromatic rings. The van der Waals surface area contributed by atoms with Gasteiger partial charge in [-0.25, -0.2) is 4.98 Å². The van der Waals surface area contributed by atoms with Crippen molar-refractivity contribution in [3.05, 3.63) is 95.0 Å². The molecule has 0 spiro atoms. The van der Waals surface area contributed by atoms with Gasteiger partial charge in [0.05, 0.1) is 18.7 Å². The Hall–Kier alpha value is -4.03. The van der Waals surface area contributed by atoms with Crippen LogP contribution in [-0.4, -0.2) is 36.3 Å². The lowest BCUT2D eigenvalue weighted by molar-refractivity contribution is -0.142. The van der Waals surface area contributed by atoms with E-state index in [1.165, 1.54) is 0 Å². The number of aromatic nitrogens is 1. The van der Waals surface area contributed by atoms with E-state index >= 15 is 0 Å². The van der Waals surface area contributed by atoms with Gasteiger partial charge < -0.3 is 19.5 Å². The fourth-order valence-corrected chi connectivity index (χ4v) is 5.08. The van der Waals surface area contributed by atoms with Crippen LogP contribution in [-0.2, 0) is 11.4 Å². The van der Waals surface area contributed by atoms with Crippen molar-refractivity contribution in [1.29, 1.82) is 0 Å². The van der Waals surface area contributed by atoms with Crippen molar-refractivity contribution < 1.29 is 19.4 Å². The summed E-state index contributed by atoms with van der Waals surface area (Å²) in [6.45, 7) is 3.83. The van der Waals surface area contributed by atoms with Crippen molar-refractivity contribution in [2.24, 2.45) is 5.92 Å². The summed E-state index contributed by atoms with van der Waals surface area (Å²) in [4.78, 5) is 18.4. The minimum Gasteiger partial charge on any atom is -0.497 e. The summed E-state index contributed by atoms with van der Waals surface area (Å²) >= 11 is 6.38. The molecule has 6 nitrogen and oxygen atoms in total. The van der Waals surface area contributed by atoms with E-state index in [0.29, 0.717) is 43.3 Å². The standard InChI is InChI=1S/C32H31ClN2O4/c1-21-18-24(22-8-11-27(38-2)12-9-22)6-7-25(21)20-39-30-13-10-26(33)19-28(30)29-4-3-5-31(34-29)35-16-14-23(15-17-35)32(36)37/h3-13,18-19,23H,14-17,20H2,1-2H3,(H,36,37). The summed E-state index contributed by atoms with van der Waals surface area (Å²) in [5, 5.41) is 9.92. The highest BCUT2D eigenvalue weighted by Crippen LogP contribution is 2.34. The average molecular weight is 543 g/mol. The number of carboxylic acids is 1. The van der Waals surface area contributed by atoms with Crippen molar-refractivity contribution in [2.45, 2.75) is 26.4 Å². The van der Waals surface area contributed by atoms with Crippen LogP contribution in [0.4, 0.5) is 5.82 Å². The van der Waals surface area contributed by atoms with Crippen LogP contribution in [0, 0.1) is 12.8 Å². The Morgan fingerprint density at radius 1 is 1.00 bits per heavy atom. The highest BCUT2D eigenvalue weighted by atomic mass is 35.5. The maximum Gasteiger partial charge on any atom is 0.306 e. The Bertz CT molecular complexity index is 1460. The number of aryl methyl sites for hydroxylation is 1. The van der Waals surface area contributed by atoms with Gasteiger partial charge in [0, 0.05) is 23.7 Å². The Kier molecular flexibility index (Phi) is 8.03. The molecule has 1 aliphatic heterocycles. The van der Waals surface area contributed by atoms with E-state index in [9.17, 15) is 9.90 Å². The van der Waals surface area contributed by atoms with Crippen LogP contribution in [0.1, 0.15) is 24.0 Å². The molecule has 0 bridgehead atoms. The summed E-state index contributed by atoms with van der Waals surface area (Å²) in [6, 6.07) is 25.9. The molecule has 1 aliphatic rings. The van der Waals surface area contributed by atoms with E-state index in [-0.39, 0.29) is 5.92 Å². The molecule has 39 heavy (non-hydrogen) atoms. The van der Waals surface area contributed by atoms with Crippen LogP contribution >= 0.6 is 11.6 Å². The highest BCUT2D eigenvalue weighted by Gasteiger charge is 2.25. The molecule has 0 radical (unpaired) electrons. The largest absolute Gasteiger partial charge is 0.497 e. The van der Waals surface area contributed by atoms with Crippen molar-refractivity contribution in [3.8, 4) is 33.9 Å². The first kappa shape index (κ1) is 26.6. The Morgan fingerprint density at radius 3 is 2.44 bits per heavy atom. The van der Waals surface area contributed by atoms with Crippen molar-refractivity contribution in [3.63, 3.8) is 0 Å². The summed E-state index contributed by atoms with van der Waals surface area (Å²) in [5.41, 5.74) is 6.08. The zero-order valence-corrected chi connectivity index (χ0v) is 22.8. The molecular weight excluding hydrogens is 512 g/mol. The van der Waals surface area contributed by atoms with Gasteiger partial charge in [0.25, 0.3) is 0 Å². The molecule has 0 saturated carbocycles. The first-order valence-corrected chi connectivity index (χ1v) is 13.4. The fourth-order valence-electron chi connectivity index (χ4n) is 4.91. The molecule has 0 unspecified atom stereocenters. The van der Waals surface area contributed by atoms with Crippen LogP contribution in [0.2, 0.25) is 5.02 Å². The number of rotatable bonds is 8.